The van der Waals surface area contributed by atoms with Crippen molar-refractivity contribution in [3.8, 4) is 23.0 Å². The van der Waals surface area contributed by atoms with E-state index in [0.717, 1.165) is 11.3 Å². The molecule has 10 heteroatoms. The SMILES string of the molecule is COc1ccc(-c2nnc(C(C)OC(=O)c3ccc(-n4cncn4)nc3)o2)cc1. The second kappa shape index (κ2) is 7.89. The number of carbonyl (C=O) groups is 1. The van der Waals surface area contributed by atoms with Crippen molar-refractivity contribution in [2.75, 3.05) is 7.11 Å². The van der Waals surface area contributed by atoms with Crippen molar-refractivity contribution in [3.05, 3.63) is 66.7 Å². The van der Waals surface area contributed by atoms with Gasteiger partial charge in [-0.1, -0.05) is 0 Å². The molecule has 10 nitrogen and oxygen atoms in total. The average molecular weight is 392 g/mol. The summed E-state index contributed by atoms with van der Waals surface area (Å²) in [4.78, 5) is 20.4. The quantitative estimate of drug-likeness (QED) is 0.456. The van der Waals surface area contributed by atoms with Gasteiger partial charge >= 0.3 is 5.97 Å². The van der Waals surface area contributed by atoms with Gasteiger partial charge in [0.2, 0.25) is 5.89 Å². The molecule has 29 heavy (non-hydrogen) atoms. The summed E-state index contributed by atoms with van der Waals surface area (Å²) in [5.41, 5.74) is 1.02. The number of rotatable bonds is 6. The van der Waals surface area contributed by atoms with Crippen molar-refractivity contribution in [3.63, 3.8) is 0 Å². The minimum atomic E-state index is -0.725. The van der Waals surface area contributed by atoms with Crippen molar-refractivity contribution in [2.45, 2.75) is 13.0 Å². The van der Waals surface area contributed by atoms with Crippen molar-refractivity contribution in [1.82, 2.24) is 29.9 Å². The Balaban J connectivity index is 1.43. The molecule has 0 aliphatic carbocycles. The maximum atomic E-state index is 12.4. The third kappa shape index (κ3) is 3.95. The molecule has 0 radical (unpaired) electrons. The van der Waals surface area contributed by atoms with Crippen LogP contribution in [0.25, 0.3) is 17.3 Å². The molecule has 0 aliphatic rings. The fraction of sp³-hybridized carbons (Fsp3) is 0.158. The van der Waals surface area contributed by atoms with Crippen molar-refractivity contribution in [2.24, 2.45) is 0 Å². The first-order chi connectivity index (χ1) is 14.1. The van der Waals surface area contributed by atoms with E-state index in [9.17, 15) is 4.79 Å². The van der Waals surface area contributed by atoms with Gasteiger partial charge in [-0.3, -0.25) is 0 Å². The standard InChI is InChI=1S/C19H16N6O4/c1-12(17-23-24-18(29-17)13-3-6-15(27-2)7-4-13)28-19(26)14-5-8-16(21-9-14)25-11-20-10-22-25/h3-12H,1-2H3. The zero-order valence-electron chi connectivity index (χ0n) is 15.6. The molecule has 3 aromatic heterocycles. The van der Waals surface area contributed by atoms with Gasteiger partial charge in [-0.25, -0.2) is 19.4 Å². The third-order valence-electron chi connectivity index (χ3n) is 4.05. The van der Waals surface area contributed by atoms with Crippen LogP contribution < -0.4 is 4.74 Å². The number of pyridine rings is 1. The normalized spacial score (nSPS) is 11.8. The maximum Gasteiger partial charge on any atom is 0.340 e. The van der Waals surface area contributed by atoms with E-state index >= 15 is 0 Å². The first-order valence-electron chi connectivity index (χ1n) is 8.64. The minimum Gasteiger partial charge on any atom is -0.497 e. The minimum absolute atomic E-state index is 0.191. The molecule has 0 saturated heterocycles. The van der Waals surface area contributed by atoms with E-state index in [2.05, 4.69) is 25.3 Å². The highest BCUT2D eigenvalue weighted by Crippen LogP contribution is 2.24. The molecule has 4 rings (SSSR count). The number of hydrogen-bond donors (Lipinski definition) is 0. The largest absolute Gasteiger partial charge is 0.497 e. The van der Waals surface area contributed by atoms with Crippen LogP contribution in [0.15, 0.2) is 59.7 Å². The van der Waals surface area contributed by atoms with E-state index in [1.54, 1.807) is 50.4 Å². The summed E-state index contributed by atoms with van der Waals surface area (Å²) >= 11 is 0. The monoisotopic (exact) mass is 392 g/mol. The lowest BCUT2D eigenvalue weighted by Crippen LogP contribution is -2.10. The summed E-state index contributed by atoms with van der Waals surface area (Å²) in [7, 11) is 1.59. The van der Waals surface area contributed by atoms with E-state index < -0.39 is 12.1 Å². The van der Waals surface area contributed by atoms with Gasteiger partial charge < -0.3 is 13.9 Å². The van der Waals surface area contributed by atoms with Gasteiger partial charge in [0.15, 0.2) is 11.9 Å². The smallest absolute Gasteiger partial charge is 0.340 e. The van der Waals surface area contributed by atoms with Gasteiger partial charge in [-0.15, -0.1) is 10.2 Å². The van der Waals surface area contributed by atoms with Crippen LogP contribution in [0, 0.1) is 0 Å². The summed E-state index contributed by atoms with van der Waals surface area (Å²) < 4.78 is 17.7. The van der Waals surface area contributed by atoms with Crippen LogP contribution in [0.5, 0.6) is 5.75 Å². The number of ether oxygens (including phenoxy) is 2. The maximum absolute atomic E-state index is 12.4. The second-order valence-electron chi connectivity index (χ2n) is 5.97. The van der Waals surface area contributed by atoms with E-state index in [-0.39, 0.29) is 11.5 Å². The predicted octanol–water partition coefficient (Wildman–Crippen LogP) is 2.64. The second-order valence-corrected chi connectivity index (χ2v) is 5.97. The molecule has 0 spiro atoms. The lowest BCUT2D eigenvalue weighted by atomic mass is 10.2. The Kier molecular flexibility index (Phi) is 4.97. The summed E-state index contributed by atoms with van der Waals surface area (Å²) in [6.07, 6.45) is 3.59. The lowest BCUT2D eigenvalue weighted by molar-refractivity contribution is 0.0279. The van der Waals surface area contributed by atoms with Gasteiger partial charge in [0, 0.05) is 11.8 Å². The van der Waals surface area contributed by atoms with Crippen LogP contribution in [0.4, 0.5) is 0 Å². The van der Waals surface area contributed by atoms with Crippen LogP contribution in [0.2, 0.25) is 0 Å². The molecule has 4 aromatic rings. The first kappa shape index (κ1) is 18.3. The molecule has 146 valence electrons. The fourth-order valence-corrected chi connectivity index (χ4v) is 2.50. The number of esters is 1. The molecule has 0 N–H and O–H groups in total. The van der Waals surface area contributed by atoms with E-state index in [4.69, 9.17) is 13.9 Å². The number of methoxy groups -OCH3 is 1. The zero-order valence-corrected chi connectivity index (χ0v) is 15.6. The molecular formula is C19H16N6O4. The Bertz CT molecular complexity index is 1090. The summed E-state index contributed by atoms with van der Waals surface area (Å²) in [5.74, 6) is 1.22. The molecule has 3 heterocycles. The zero-order chi connectivity index (χ0) is 20.2. The number of carbonyl (C=O) groups excluding carboxylic acids is 1. The van der Waals surface area contributed by atoms with Crippen LogP contribution in [-0.4, -0.2) is 43.0 Å². The van der Waals surface area contributed by atoms with E-state index in [0.29, 0.717) is 11.7 Å². The van der Waals surface area contributed by atoms with Gasteiger partial charge in [-0.05, 0) is 43.3 Å². The highest BCUT2D eigenvalue weighted by Gasteiger charge is 2.20. The highest BCUT2D eigenvalue weighted by molar-refractivity contribution is 5.89. The van der Waals surface area contributed by atoms with Gasteiger partial charge in [-0.2, -0.15) is 5.10 Å². The summed E-state index contributed by atoms with van der Waals surface area (Å²) in [6.45, 7) is 1.65. The number of nitrogens with zero attached hydrogens (tertiary/aromatic N) is 6. The molecule has 1 aromatic carbocycles. The Hall–Kier alpha value is -4.08. The topological polar surface area (TPSA) is 118 Å². The third-order valence-corrected chi connectivity index (χ3v) is 4.05. The van der Waals surface area contributed by atoms with Crippen LogP contribution in [0.3, 0.4) is 0 Å². The van der Waals surface area contributed by atoms with E-state index in [1.165, 1.54) is 23.5 Å². The molecule has 1 atom stereocenters. The van der Waals surface area contributed by atoms with Gasteiger partial charge in [0.25, 0.3) is 5.89 Å². The summed E-state index contributed by atoms with van der Waals surface area (Å²) in [6, 6.07) is 10.4. The Morgan fingerprint density at radius 1 is 1.14 bits per heavy atom. The highest BCUT2D eigenvalue weighted by atomic mass is 16.6. The van der Waals surface area contributed by atoms with Crippen LogP contribution >= 0.6 is 0 Å². The van der Waals surface area contributed by atoms with Crippen LogP contribution in [-0.2, 0) is 4.74 Å². The number of aromatic nitrogens is 6. The molecule has 0 amide bonds. The average Bonchev–Trinajstić information content (AvgIpc) is 3.46. The fourth-order valence-electron chi connectivity index (χ4n) is 2.50. The predicted molar refractivity (Wildman–Crippen MR) is 99.3 cm³/mol. The Morgan fingerprint density at radius 3 is 2.62 bits per heavy atom. The molecule has 0 bridgehead atoms. The summed E-state index contributed by atoms with van der Waals surface area (Å²) in [5, 5.41) is 12.0. The molecule has 0 saturated carbocycles. The van der Waals surface area contributed by atoms with Crippen LogP contribution in [0.1, 0.15) is 29.3 Å². The Morgan fingerprint density at radius 2 is 1.97 bits per heavy atom. The van der Waals surface area contributed by atoms with Crippen molar-refractivity contribution < 1.29 is 18.7 Å². The molecular weight excluding hydrogens is 376 g/mol. The lowest BCUT2D eigenvalue weighted by Gasteiger charge is -2.09. The number of hydrogen-bond acceptors (Lipinski definition) is 9. The molecule has 0 fully saturated rings. The first-order valence-corrected chi connectivity index (χ1v) is 8.64. The van der Waals surface area contributed by atoms with Crippen molar-refractivity contribution >= 4 is 5.97 Å². The van der Waals surface area contributed by atoms with Crippen molar-refractivity contribution in [1.29, 1.82) is 0 Å². The van der Waals surface area contributed by atoms with Gasteiger partial charge in [0.1, 0.15) is 18.4 Å². The number of benzene rings is 1. The molecule has 1 unspecified atom stereocenters. The van der Waals surface area contributed by atoms with Gasteiger partial charge in [0.05, 0.1) is 12.7 Å². The molecule has 0 aliphatic heterocycles. The van der Waals surface area contributed by atoms with E-state index in [1.807, 2.05) is 0 Å². The Labute approximate surface area is 165 Å².